The molecule has 0 aromatic carbocycles. The average Bonchev–Trinajstić information content (AvgIpc) is 2.39. The first-order valence-corrected chi connectivity index (χ1v) is 7.30. The standard InChI is InChI=1S/C14H26N2O2/c1-11(2)15-7-9-16(10-8-15)13-6-4-3-5-12(13)14(17)18/h11-13H,3-10H2,1-2H3,(H,17,18). The number of carbonyl (C=O) groups is 1. The summed E-state index contributed by atoms with van der Waals surface area (Å²) in [7, 11) is 0. The van der Waals surface area contributed by atoms with Crippen LogP contribution in [0.1, 0.15) is 39.5 Å². The first-order valence-electron chi connectivity index (χ1n) is 7.30. The molecule has 2 fully saturated rings. The molecule has 0 aromatic rings. The number of rotatable bonds is 3. The Bertz CT molecular complexity index is 286. The van der Waals surface area contributed by atoms with Crippen molar-refractivity contribution < 1.29 is 9.90 Å². The maximum Gasteiger partial charge on any atom is 0.308 e. The third-order valence-corrected chi connectivity index (χ3v) is 4.59. The Hall–Kier alpha value is -0.610. The van der Waals surface area contributed by atoms with Gasteiger partial charge in [0, 0.05) is 38.3 Å². The summed E-state index contributed by atoms with van der Waals surface area (Å²) in [5, 5.41) is 9.34. The Morgan fingerprint density at radius 3 is 2.28 bits per heavy atom. The molecule has 1 saturated heterocycles. The number of carboxylic acids is 1. The van der Waals surface area contributed by atoms with Crippen LogP contribution < -0.4 is 0 Å². The lowest BCUT2D eigenvalue weighted by Crippen LogP contribution is -2.55. The van der Waals surface area contributed by atoms with Gasteiger partial charge in [0.1, 0.15) is 0 Å². The number of hydrogen-bond donors (Lipinski definition) is 1. The zero-order chi connectivity index (χ0) is 13.1. The minimum absolute atomic E-state index is 0.135. The Morgan fingerprint density at radius 2 is 1.72 bits per heavy atom. The number of nitrogens with zero attached hydrogens (tertiary/aromatic N) is 2. The lowest BCUT2D eigenvalue weighted by atomic mass is 9.83. The van der Waals surface area contributed by atoms with E-state index in [4.69, 9.17) is 0 Å². The summed E-state index contributed by atoms with van der Waals surface area (Å²) < 4.78 is 0. The van der Waals surface area contributed by atoms with E-state index in [0.717, 1.165) is 45.4 Å². The van der Waals surface area contributed by atoms with Gasteiger partial charge in [0.05, 0.1) is 5.92 Å². The van der Waals surface area contributed by atoms with Gasteiger partial charge >= 0.3 is 5.97 Å². The van der Waals surface area contributed by atoms with Crippen LogP contribution in [-0.2, 0) is 4.79 Å². The maximum atomic E-state index is 11.3. The summed E-state index contributed by atoms with van der Waals surface area (Å²) in [6.45, 7) is 8.70. The van der Waals surface area contributed by atoms with Crippen LogP contribution in [0.2, 0.25) is 0 Å². The minimum atomic E-state index is -0.592. The molecule has 1 aliphatic heterocycles. The van der Waals surface area contributed by atoms with Crippen LogP contribution in [0.25, 0.3) is 0 Å². The molecule has 0 amide bonds. The second kappa shape index (κ2) is 6.02. The van der Waals surface area contributed by atoms with Gasteiger partial charge in [0.2, 0.25) is 0 Å². The Morgan fingerprint density at radius 1 is 1.11 bits per heavy atom. The molecule has 0 aromatic heterocycles. The van der Waals surface area contributed by atoms with Crippen LogP contribution in [0.3, 0.4) is 0 Å². The highest BCUT2D eigenvalue weighted by Crippen LogP contribution is 2.29. The lowest BCUT2D eigenvalue weighted by Gasteiger charge is -2.44. The molecule has 0 bridgehead atoms. The summed E-state index contributed by atoms with van der Waals surface area (Å²) in [6, 6.07) is 0.888. The molecule has 1 saturated carbocycles. The van der Waals surface area contributed by atoms with Gasteiger partial charge in [-0.3, -0.25) is 14.6 Å². The summed E-state index contributed by atoms with van der Waals surface area (Å²) in [5.74, 6) is -0.727. The van der Waals surface area contributed by atoms with E-state index in [1.807, 2.05) is 0 Å². The molecule has 104 valence electrons. The van der Waals surface area contributed by atoms with Crippen molar-refractivity contribution in [1.82, 2.24) is 9.80 Å². The van der Waals surface area contributed by atoms with Crippen molar-refractivity contribution in [3.8, 4) is 0 Å². The van der Waals surface area contributed by atoms with Gasteiger partial charge in [-0.2, -0.15) is 0 Å². The average molecular weight is 254 g/mol. The topological polar surface area (TPSA) is 43.8 Å². The number of hydrogen-bond acceptors (Lipinski definition) is 3. The van der Waals surface area contributed by atoms with Crippen molar-refractivity contribution in [2.24, 2.45) is 5.92 Å². The zero-order valence-electron chi connectivity index (χ0n) is 11.6. The highest BCUT2D eigenvalue weighted by molar-refractivity contribution is 5.71. The molecule has 1 N–H and O–H groups in total. The van der Waals surface area contributed by atoms with Gasteiger partial charge in [-0.05, 0) is 26.7 Å². The van der Waals surface area contributed by atoms with Crippen LogP contribution in [-0.4, -0.2) is 59.1 Å². The molecule has 18 heavy (non-hydrogen) atoms. The second-order valence-corrected chi connectivity index (χ2v) is 5.96. The SMILES string of the molecule is CC(C)N1CCN(C2CCCCC2C(=O)O)CC1. The quantitative estimate of drug-likeness (QED) is 0.832. The fourth-order valence-electron chi connectivity index (χ4n) is 3.42. The minimum Gasteiger partial charge on any atom is -0.481 e. The third kappa shape index (κ3) is 3.04. The normalized spacial score (nSPS) is 31.7. The summed E-state index contributed by atoms with van der Waals surface area (Å²) in [4.78, 5) is 16.3. The van der Waals surface area contributed by atoms with E-state index in [2.05, 4.69) is 23.6 Å². The van der Waals surface area contributed by atoms with Crippen molar-refractivity contribution in [3.05, 3.63) is 0 Å². The largest absolute Gasteiger partial charge is 0.481 e. The number of aliphatic carboxylic acids is 1. The molecule has 1 aliphatic carbocycles. The Balaban J connectivity index is 1.93. The molecule has 4 nitrogen and oxygen atoms in total. The Kier molecular flexibility index (Phi) is 4.62. The maximum absolute atomic E-state index is 11.3. The van der Waals surface area contributed by atoms with Crippen LogP contribution in [0.4, 0.5) is 0 Å². The molecule has 1 heterocycles. The smallest absolute Gasteiger partial charge is 0.308 e. The lowest BCUT2D eigenvalue weighted by molar-refractivity contribution is -0.146. The molecular weight excluding hydrogens is 228 g/mol. The van der Waals surface area contributed by atoms with Crippen LogP contribution in [0.15, 0.2) is 0 Å². The van der Waals surface area contributed by atoms with Crippen molar-refractivity contribution in [2.75, 3.05) is 26.2 Å². The van der Waals surface area contributed by atoms with Gasteiger partial charge in [-0.15, -0.1) is 0 Å². The predicted molar refractivity (Wildman–Crippen MR) is 71.7 cm³/mol. The van der Waals surface area contributed by atoms with E-state index in [1.165, 1.54) is 6.42 Å². The zero-order valence-corrected chi connectivity index (χ0v) is 11.6. The van der Waals surface area contributed by atoms with E-state index < -0.39 is 5.97 Å². The van der Waals surface area contributed by atoms with Crippen LogP contribution in [0, 0.1) is 5.92 Å². The molecule has 0 spiro atoms. The van der Waals surface area contributed by atoms with Gasteiger partial charge in [0.15, 0.2) is 0 Å². The number of carboxylic acid groups (broad SMARTS) is 1. The molecule has 2 atom stereocenters. The molecule has 0 radical (unpaired) electrons. The van der Waals surface area contributed by atoms with E-state index in [9.17, 15) is 9.90 Å². The predicted octanol–water partition coefficient (Wildman–Crippen LogP) is 1.66. The van der Waals surface area contributed by atoms with E-state index in [-0.39, 0.29) is 12.0 Å². The first-order chi connectivity index (χ1) is 8.59. The highest BCUT2D eigenvalue weighted by Gasteiger charge is 2.36. The van der Waals surface area contributed by atoms with Gasteiger partial charge in [-0.25, -0.2) is 0 Å². The molecule has 4 heteroatoms. The molecule has 2 rings (SSSR count). The molecule has 2 aliphatic rings. The number of piperazine rings is 1. The van der Waals surface area contributed by atoms with E-state index >= 15 is 0 Å². The van der Waals surface area contributed by atoms with Crippen LogP contribution >= 0.6 is 0 Å². The van der Waals surface area contributed by atoms with Gasteiger partial charge in [-0.1, -0.05) is 12.8 Å². The van der Waals surface area contributed by atoms with Crippen molar-refractivity contribution in [2.45, 2.75) is 51.6 Å². The van der Waals surface area contributed by atoms with Gasteiger partial charge in [0.25, 0.3) is 0 Å². The van der Waals surface area contributed by atoms with Crippen molar-refractivity contribution in [3.63, 3.8) is 0 Å². The molecule has 2 unspecified atom stereocenters. The van der Waals surface area contributed by atoms with Crippen LogP contribution in [0.5, 0.6) is 0 Å². The monoisotopic (exact) mass is 254 g/mol. The van der Waals surface area contributed by atoms with Gasteiger partial charge < -0.3 is 5.11 Å². The molecular formula is C14H26N2O2. The van der Waals surface area contributed by atoms with E-state index in [1.54, 1.807) is 0 Å². The highest BCUT2D eigenvalue weighted by atomic mass is 16.4. The fourth-order valence-corrected chi connectivity index (χ4v) is 3.42. The second-order valence-electron chi connectivity index (χ2n) is 5.96. The third-order valence-electron chi connectivity index (χ3n) is 4.59. The fraction of sp³-hybridized carbons (Fsp3) is 0.929. The summed E-state index contributed by atoms with van der Waals surface area (Å²) in [6.07, 6.45) is 4.21. The summed E-state index contributed by atoms with van der Waals surface area (Å²) >= 11 is 0. The summed E-state index contributed by atoms with van der Waals surface area (Å²) in [5.41, 5.74) is 0. The van der Waals surface area contributed by atoms with E-state index in [0.29, 0.717) is 6.04 Å². The first kappa shape index (κ1) is 13.8. The van der Waals surface area contributed by atoms with Crippen molar-refractivity contribution in [1.29, 1.82) is 0 Å². The Labute approximate surface area is 110 Å². The van der Waals surface area contributed by atoms with Crippen molar-refractivity contribution >= 4 is 5.97 Å².